The van der Waals surface area contributed by atoms with Gasteiger partial charge in [-0.05, 0) is 24.6 Å². The maximum Gasteiger partial charge on any atom is 0.240 e. The largest absolute Gasteiger partial charge is 0.496 e. The number of carbonyl (C=O) groups excluding carboxylic acids is 1. The average Bonchev–Trinajstić information content (AvgIpc) is 2.22. The molecule has 1 aromatic rings. The summed E-state index contributed by atoms with van der Waals surface area (Å²) in [5.74, 6) is 5.81. The average molecular weight is 243 g/mol. The third-order valence-corrected chi connectivity index (χ3v) is 2.70. The predicted octanol–water partition coefficient (Wildman–Crippen LogP) is 1.53. The molecular weight excluding hydrogens is 228 g/mol. The molecule has 1 amide bonds. The van der Waals surface area contributed by atoms with E-state index in [1.54, 1.807) is 13.2 Å². The van der Waals surface area contributed by atoms with Gasteiger partial charge in [-0.25, -0.2) is 5.84 Å². The van der Waals surface area contributed by atoms with Gasteiger partial charge >= 0.3 is 0 Å². The van der Waals surface area contributed by atoms with E-state index in [-0.39, 0.29) is 12.3 Å². The van der Waals surface area contributed by atoms with Crippen LogP contribution in [-0.2, 0) is 11.2 Å². The number of carbonyl (C=O) groups is 1. The first-order valence-corrected chi connectivity index (χ1v) is 5.17. The Kier molecular flexibility index (Phi) is 4.15. The van der Waals surface area contributed by atoms with Gasteiger partial charge in [0.25, 0.3) is 0 Å². The van der Waals surface area contributed by atoms with Crippen molar-refractivity contribution in [3.05, 3.63) is 28.3 Å². The Balaban J connectivity index is 3.03. The predicted molar refractivity (Wildman–Crippen MR) is 63.4 cm³/mol. The molecule has 1 rings (SSSR count). The van der Waals surface area contributed by atoms with Crippen LogP contribution in [0.25, 0.3) is 0 Å². The van der Waals surface area contributed by atoms with Gasteiger partial charge in [0.15, 0.2) is 0 Å². The summed E-state index contributed by atoms with van der Waals surface area (Å²) in [6.45, 7) is 1.88. The topological polar surface area (TPSA) is 55.6 Å². The molecule has 2 N–H and O–H groups in total. The molecule has 1 aromatic carbocycles. The molecule has 0 fully saturated rings. The maximum atomic E-state index is 11.5. The minimum absolute atomic E-state index is 0.177. The number of ether oxygens (including phenoxy) is 1. The highest BCUT2D eigenvalue weighted by Gasteiger charge is 2.12. The van der Waals surface area contributed by atoms with Gasteiger partial charge < -0.3 is 4.74 Å². The number of amides is 1. The number of rotatable bonds is 3. The molecule has 0 spiro atoms. The van der Waals surface area contributed by atoms with Crippen molar-refractivity contribution in [1.82, 2.24) is 5.01 Å². The number of nitrogens with two attached hydrogens (primary N) is 1. The van der Waals surface area contributed by atoms with E-state index in [0.717, 1.165) is 16.1 Å². The third kappa shape index (κ3) is 2.87. The van der Waals surface area contributed by atoms with Crippen LogP contribution < -0.4 is 10.6 Å². The molecule has 0 heterocycles. The van der Waals surface area contributed by atoms with Gasteiger partial charge in [-0.1, -0.05) is 11.6 Å². The third-order valence-electron chi connectivity index (χ3n) is 2.30. The number of hydrogen-bond acceptors (Lipinski definition) is 3. The van der Waals surface area contributed by atoms with Gasteiger partial charge in [-0.3, -0.25) is 9.80 Å². The molecular formula is C11H15ClN2O2. The smallest absolute Gasteiger partial charge is 0.240 e. The van der Waals surface area contributed by atoms with Crippen molar-refractivity contribution in [1.29, 1.82) is 0 Å². The van der Waals surface area contributed by atoms with E-state index in [9.17, 15) is 4.79 Å². The van der Waals surface area contributed by atoms with Crippen molar-refractivity contribution < 1.29 is 9.53 Å². The number of aryl methyl sites for hydroxylation is 1. The van der Waals surface area contributed by atoms with Crippen LogP contribution in [0.2, 0.25) is 5.02 Å². The first-order valence-electron chi connectivity index (χ1n) is 4.80. The summed E-state index contributed by atoms with van der Waals surface area (Å²) in [5, 5.41) is 1.66. The van der Waals surface area contributed by atoms with Gasteiger partial charge in [0.05, 0.1) is 13.5 Å². The number of halogens is 1. The van der Waals surface area contributed by atoms with E-state index in [4.69, 9.17) is 22.2 Å². The Morgan fingerprint density at radius 2 is 2.19 bits per heavy atom. The Morgan fingerprint density at radius 1 is 1.56 bits per heavy atom. The van der Waals surface area contributed by atoms with Crippen LogP contribution in [0.15, 0.2) is 12.1 Å². The molecule has 0 aliphatic carbocycles. The minimum atomic E-state index is -0.196. The Hall–Kier alpha value is -1.26. The molecule has 0 saturated heterocycles. The van der Waals surface area contributed by atoms with E-state index in [2.05, 4.69) is 0 Å². The molecule has 0 radical (unpaired) electrons. The molecule has 0 bridgehead atoms. The molecule has 16 heavy (non-hydrogen) atoms. The number of methoxy groups -OCH3 is 1. The highest BCUT2D eigenvalue weighted by molar-refractivity contribution is 6.31. The summed E-state index contributed by atoms with van der Waals surface area (Å²) in [7, 11) is 3.06. The molecule has 0 aliphatic rings. The monoisotopic (exact) mass is 242 g/mol. The second-order valence-corrected chi connectivity index (χ2v) is 4.00. The van der Waals surface area contributed by atoms with Crippen LogP contribution in [-0.4, -0.2) is 25.1 Å². The lowest BCUT2D eigenvalue weighted by atomic mass is 10.1. The molecule has 4 nitrogen and oxygen atoms in total. The Bertz CT molecular complexity index is 405. The molecule has 0 atom stereocenters. The number of benzene rings is 1. The number of nitrogens with zero attached hydrogens (tertiary/aromatic N) is 1. The fourth-order valence-electron chi connectivity index (χ4n) is 1.31. The van der Waals surface area contributed by atoms with E-state index in [0.29, 0.717) is 10.8 Å². The molecule has 0 saturated carbocycles. The van der Waals surface area contributed by atoms with E-state index in [1.807, 2.05) is 13.0 Å². The second kappa shape index (κ2) is 5.18. The summed E-state index contributed by atoms with van der Waals surface area (Å²) >= 11 is 5.99. The summed E-state index contributed by atoms with van der Waals surface area (Å²) < 4.78 is 5.19. The quantitative estimate of drug-likeness (QED) is 0.497. The normalized spacial score (nSPS) is 10.1. The van der Waals surface area contributed by atoms with Crippen LogP contribution in [0.1, 0.15) is 11.1 Å². The van der Waals surface area contributed by atoms with Crippen molar-refractivity contribution in [3.8, 4) is 5.75 Å². The van der Waals surface area contributed by atoms with Crippen LogP contribution in [0.4, 0.5) is 0 Å². The number of hydrazine groups is 1. The zero-order valence-corrected chi connectivity index (χ0v) is 10.3. The zero-order valence-electron chi connectivity index (χ0n) is 9.58. The summed E-state index contributed by atoms with van der Waals surface area (Å²) in [4.78, 5) is 11.5. The molecule has 0 unspecified atom stereocenters. The van der Waals surface area contributed by atoms with Gasteiger partial charge in [-0.15, -0.1) is 0 Å². The van der Waals surface area contributed by atoms with Gasteiger partial charge in [-0.2, -0.15) is 0 Å². The fourth-order valence-corrected chi connectivity index (χ4v) is 1.50. The van der Waals surface area contributed by atoms with E-state index >= 15 is 0 Å². The van der Waals surface area contributed by atoms with Gasteiger partial charge in [0.2, 0.25) is 5.91 Å². The molecule has 88 valence electrons. The van der Waals surface area contributed by atoms with Gasteiger partial charge in [0, 0.05) is 17.6 Å². The standard InChI is InChI=1S/C11H15ClN2O2/c1-7-4-10(16-3)8(5-9(7)12)6-11(15)14(2)13/h4-5H,6,13H2,1-3H3. The van der Waals surface area contributed by atoms with Crippen molar-refractivity contribution in [3.63, 3.8) is 0 Å². The van der Waals surface area contributed by atoms with Crippen molar-refractivity contribution in [2.45, 2.75) is 13.3 Å². The molecule has 0 aromatic heterocycles. The summed E-state index contributed by atoms with van der Waals surface area (Å²) in [6, 6.07) is 3.54. The van der Waals surface area contributed by atoms with Crippen molar-refractivity contribution in [2.24, 2.45) is 5.84 Å². The Labute approximate surface area is 99.9 Å². The lowest BCUT2D eigenvalue weighted by Gasteiger charge is -2.13. The van der Waals surface area contributed by atoms with Crippen LogP contribution in [0, 0.1) is 6.92 Å². The van der Waals surface area contributed by atoms with Crippen LogP contribution >= 0.6 is 11.6 Å². The van der Waals surface area contributed by atoms with E-state index in [1.165, 1.54) is 7.05 Å². The number of likely N-dealkylation sites (N-methyl/N-ethyl adjacent to an activating group) is 1. The van der Waals surface area contributed by atoms with Crippen molar-refractivity contribution >= 4 is 17.5 Å². The van der Waals surface area contributed by atoms with Crippen LogP contribution in [0.3, 0.4) is 0 Å². The fraction of sp³-hybridized carbons (Fsp3) is 0.364. The van der Waals surface area contributed by atoms with Gasteiger partial charge in [0.1, 0.15) is 5.75 Å². The maximum absolute atomic E-state index is 11.5. The molecule has 0 aliphatic heterocycles. The lowest BCUT2D eigenvalue weighted by molar-refractivity contribution is -0.129. The van der Waals surface area contributed by atoms with E-state index < -0.39 is 0 Å². The summed E-state index contributed by atoms with van der Waals surface area (Å²) in [5.41, 5.74) is 1.65. The first kappa shape index (κ1) is 12.8. The highest BCUT2D eigenvalue weighted by atomic mass is 35.5. The van der Waals surface area contributed by atoms with Crippen LogP contribution in [0.5, 0.6) is 5.75 Å². The van der Waals surface area contributed by atoms with Crippen molar-refractivity contribution in [2.75, 3.05) is 14.2 Å². The second-order valence-electron chi connectivity index (χ2n) is 3.59. The zero-order chi connectivity index (χ0) is 12.3. The molecule has 5 heteroatoms. The minimum Gasteiger partial charge on any atom is -0.496 e. The SMILES string of the molecule is COc1cc(C)c(Cl)cc1CC(=O)N(C)N. The highest BCUT2D eigenvalue weighted by Crippen LogP contribution is 2.27. The summed E-state index contributed by atoms with van der Waals surface area (Å²) in [6.07, 6.45) is 0.177. The lowest BCUT2D eigenvalue weighted by Crippen LogP contribution is -2.34. The Morgan fingerprint density at radius 3 is 2.69 bits per heavy atom. The number of hydrogen-bond donors (Lipinski definition) is 1. The first-order chi connectivity index (χ1) is 7.45.